The molecule has 0 aliphatic rings. The fourth-order valence-electron chi connectivity index (χ4n) is 1.68. The zero-order valence-electron chi connectivity index (χ0n) is 11.3. The molecule has 2 rings (SSSR count). The smallest absolute Gasteiger partial charge is 0.257 e. The normalized spacial score (nSPS) is 10.3. The molecule has 2 aromatic rings. The average molecular weight is 432 g/mol. The standard InChI is InChI=1S/C14H12Br2N2O2S/c1-18(2)14(20)8-4-3-5-9(6-8)17-13(19)10-7-11(15)21-12(10)16/h3-7H,1-2H3,(H,17,19). The topological polar surface area (TPSA) is 49.4 Å². The molecular weight excluding hydrogens is 420 g/mol. The summed E-state index contributed by atoms with van der Waals surface area (Å²) in [7, 11) is 3.38. The van der Waals surface area contributed by atoms with Crippen molar-refractivity contribution in [2.45, 2.75) is 0 Å². The third kappa shape index (κ3) is 3.93. The number of rotatable bonds is 3. The number of hydrogen-bond donors (Lipinski definition) is 1. The van der Waals surface area contributed by atoms with Crippen LogP contribution in [0.4, 0.5) is 5.69 Å². The van der Waals surface area contributed by atoms with E-state index in [2.05, 4.69) is 37.2 Å². The van der Waals surface area contributed by atoms with E-state index in [9.17, 15) is 9.59 Å². The van der Waals surface area contributed by atoms with Gasteiger partial charge < -0.3 is 10.2 Å². The minimum atomic E-state index is -0.224. The van der Waals surface area contributed by atoms with E-state index in [1.807, 2.05) is 0 Å². The highest BCUT2D eigenvalue weighted by Crippen LogP contribution is 2.32. The van der Waals surface area contributed by atoms with Gasteiger partial charge in [-0.25, -0.2) is 0 Å². The summed E-state index contributed by atoms with van der Waals surface area (Å²) in [5, 5.41) is 2.79. The number of hydrogen-bond acceptors (Lipinski definition) is 3. The average Bonchev–Trinajstić information content (AvgIpc) is 2.77. The molecule has 0 unspecified atom stereocenters. The maximum atomic E-state index is 12.2. The Morgan fingerprint density at radius 1 is 1.19 bits per heavy atom. The zero-order valence-corrected chi connectivity index (χ0v) is 15.3. The number of thiophene rings is 1. The van der Waals surface area contributed by atoms with E-state index in [0.29, 0.717) is 16.8 Å². The molecule has 0 saturated heterocycles. The SMILES string of the molecule is CN(C)C(=O)c1cccc(NC(=O)c2cc(Br)sc2Br)c1. The van der Waals surface area contributed by atoms with Crippen LogP contribution in [0.3, 0.4) is 0 Å². The van der Waals surface area contributed by atoms with Crippen molar-refractivity contribution in [1.29, 1.82) is 0 Å². The Bertz CT molecular complexity index is 698. The first-order valence-corrected chi connectivity index (χ1v) is 8.36. The van der Waals surface area contributed by atoms with Crippen molar-refractivity contribution < 1.29 is 9.59 Å². The summed E-state index contributed by atoms with van der Waals surface area (Å²) in [6.45, 7) is 0. The molecule has 0 radical (unpaired) electrons. The molecule has 0 aliphatic carbocycles. The zero-order chi connectivity index (χ0) is 15.6. The lowest BCUT2D eigenvalue weighted by molar-refractivity contribution is 0.0827. The van der Waals surface area contributed by atoms with Crippen LogP contribution >= 0.6 is 43.2 Å². The number of nitrogens with zero attached hydrogens (tertiary/aromatic N) is 1. The highest BCUT2D eigenvalue weighted by Gasteiger charge is 2.15. The summed E-state index contributed by atoms with van der Waals surface area (Å²) < 4.78 is 1.63. The van der Waals surface area contributed by atoms with Gasteiger partial charge >= 0.3 is 0 Å². The molecule has 0 aliphatic heterocycles. The fourth-order valence-corrected chi connectivity index (χ4v) is 4.48. The molecular formula is C14H12Br2N2O2S. The van der Waals surface area contributed by atoms with E-state index in [0.717, 1.165) is 7.57 Å². The molecule has 0 fully saturated rings. The number of anilines is 1. The van der Waals surface area contributed by atoms with E-state index >= 15 is 0 Å². The lowest BCUT2D eigenvalue weighted by Gasteiger charge is -2.11. The minimum absolute atomic E-state index is 0.106. The summed E-state index contributed by atoms with van der Waals surface area (Å²) in [5.74, 6) is -0.330. The predicted octanol–water partition coefficient (Wildman–Crippen LogP) is 4.23. The minimum Gasteiger partial charge on any atom is -0.345 e. The van der Waals surface area contributed by atoms with Crippen molar-refractivity contribution in [2.75, 3.05) is 19.4 Å². The van der Waals surface area contributed by atoms with Crippen LogP contribution < -0.4 is 5.32 Å². The van der Waals surface area contributed by atoms with Gasteiger partial charge in [-0.05, 0) is 56.1 Å². The largest absolute Gasteiger partial charge is 0.345 e. The van der Waals surface area contributed by atoms with Gasteiger partial charge in [0.25, 0.3) is 11.8 Å². The maximum Gasteiger partial charge on any atom is 0.257 e. The molecule has 110 valence electrons. The van der Waals surface area contributed by atoms with E-state index < -0.39 is 0 Å². The van der Waals surface area contributed by atoms with Gasteiger partial charge in [-0.3, -0.25) is 9.59 Å². The Kier molecular flexibility index (Phi) is 5.18. The van der Waals surface area contributed by atoms with Crippen molar-refractivity contribution in [3.05, 3.63) is 49.0 Å². The van der Waals surface area contributed by atoms with E-state index in [1.165, 1.54) is 16.2 Å². The second-order valence-electron chi connectivity index (χ2n) is 4.47. The Hall–Kier alpha value is -1.18. The first-order chi connectivity index (χ1) is 9.88. The molecule has 2 amide bonds. The van der Waals surface area contributed by atoms with Crippen LogP contribution in [0.1, 0.15) is 20.7 Å². The van der Waals surface area contributed by atoms with Crippen LogP contribution in [-0.4, -0.2) is 30.8 Å². The van der Waals surface area contributed by atoms with Crippen LogP contribution in [0.15, 0.2) is 37.9 Å². The maximum absolute atomic E-state index is 12.2. The van der Waals surface area contributed by atoms with Gasteiger partial charge in [-0.15, -0.1) is 11.3 Å². The Morgan fingerprint density at radius 3 is 2.48 bits per heavy atom. The summed E-state index contributed by atoms with van der Waals surface area (Å²) in [5.41, 5.74) is 1.67. The number of amides is 2. The summed E-state index contributed by atoms with van der Waals surface area (Å²) in [6, 6.07) is 8.62. The molecule has 0 saturated carbocycles. The van der Waals surface area contributed by atoms with Crippen molar-refractivity contribution in [3.8, 4) is 0 Å². The summed E-state index contributed by atoms with van der Waals surface area (Å²) >= 11 is 8.13. The third-order valence-electron chi connectivity index (χ3n) is 2.67. The Morgan fingerprint density at radius 2 is 1.90 bits per heavy atom. The molecule has 0 spiro atoms. The fraction of sp³-hybridized carbons (Fsp3) is 0.143. The molecule has 7 heteroatoms. The van der Waals surface area contributed by atoms with Gasteiger partial charge in [-0.2, -0.15) is 0 Å². The summed E-state index contributed by atoms with van der Waals surface area (Å²) in [6.07, 6.45) is 0. The number of carbonyl (C=O) groups excluding carboxylic acids is 2. The van der Waals surface area contributed by atoms with Crippen molar-refractivity contribution in [3.63, 3.8) is 0 Å². The van der Waals surface area contributed by atoms with Gasteiger partial charge in [0.05, 0.1) is 13.1 Å². The first kappa shape index (κ1) is 16.2. The predicted molar refractivity (Wildman–Crippen MR) is 92.1 cm³/mol. The molecule has 4 nitrogen and oxygen atoms in total. The number of benzene rings is 1. The van der Waals surface area contributed by atoms with Gasteiger partial charge in [0.1, 0.15) is 0 Å². The second-order valence-corrected chi connectivity index (χ2v) is 8.22. The Labute approximate surface area is 143 Å². The quantitative estimate of drug-likeness (QED) is 0.790. The van der Waals surface area contributed by atoms with E-state index in [-0.39, 0.29) is 11.8 Å². The van der Waals surface area contributed by atoms with Gasteiger partial charge in [0, 0.05) is 25.3 Å². The number of halogens is 2. The van der Waals surface area contributed by atoms with Gasteiger partial charge in [-0.1, -0.05) is 6.07 Å². The van der Waals surface area contributed by atoms with Crippen LogP contribution in [-0.2, 0) is 0 Å². The van der Waals surface area contributed by atoms with E-state index in [4.69, 9.17) is 0 Å². The van der Waals surface area contributed by atoms with Gasteiger partial charge in [0.15, 0.2) is 0 Å². The number of carbonyl (C=O) groups is 2. The monoisotopic (exact) mass is 430 g/mol. The van der Waals surface area contributed by atoms with Crippen molar-refractivity contribution in [2.24, 2.45) is 0 Å². The van der Waals surface area contributed by atoms with Crippen LogP contribution in [0.5, 0.6) is 0 Å². The van der Waals surface area contributed by atoms with Crippen LogP contribution in [0.25, 0.3) is 0 Å². The highest BCUT2D eigenvalue weighted by molar-refractivity contribution is 9.12. The molecule has 0 bridgehead atoms. The molecule has 1 N–H and O–H groups in total. The molecule has 0 atom stereocenters. The second kappa shape index (κ2) is 6.72. The third-order valence-corrected chi connectivity index (χ3v) is 5.01. The molecule has 1 aromatic carbocycles. The first-order valence-electron chi connectivity index (χ1n) is 5.96. The van der Waals surface area contributed by atoms with Crippen LogP contribution in [0, 0.1) is 0 Å². The van der Waals surface area contributed by atoms with Gasteiger partial charge in [0.2, 0.25) is 0 Å². The highest BCUT2D eigenvalue weighted by atomic mass is 79.9. The lowest BCUT2D eigenvalue weighted by Crippen LogP contribution is -2.21. The van der Waals surface area contributed by atoms with Crippen molar-refractivity contribution >= 4 is 60.7 Å². The molecule has 1 aromatic heterocycles. The Balaban J connectivity index is 2.20. The lowest BCUT2D eigenvalue weighted by atomic mass is 10.1. The van der Waals surface area contributed by atoms with Crippen LogP contribution in [0.2, 0.25) is 0 Å². The molecule has 21 heavy (non-hydrogen) atoms. The number of nitrogens with one attached hydrogen (secondary N) is 1. The van der Waals surface area contributed by atoms with E-state index in [1.54, 1.807) is 44.4 Å². The summed E-state index contributed by atoms with van der Waals surface area (Å²) in [4.78, 5) is 25.6. The van der Waals surface area contributed by atoms with Crippen molar-refractivity contribution in [1.82, 2.24) is 4.90 Å². The molecule has 1 heterocycles.